The minimum absolute atomic E-state index is 0.217. The van der Waals surface area contributed by atoms with Crippen molar-refractivity contribution in [1.82, 2.24) is 24.5 Å². The second-order valence-corrected chi connectivity index (χ2v) is 8.86. The lowest BCUT2D eigenvalue weighted by Crippen LogP contribution is -2.26. The summed E-state index contributed by atoms with van der Waals surface area (Å²) in [5, 5.41) is 4.91. The van der Waals surface area contributed by atoms with Gasteiger partial charge in [0.1, 0.15) is 10.7 Å². The van der Waals surface area contributed by atoms with Crippen molar-refractivity contribution in [1.29, 1.82) is 0 Å². The molecule has 140 valence electrons. The van der Waals surface area contributed by atoms with Gasteiger partial charge in [-0.15, -0.1) is 0 Å². The van der Waals surface area contributed by atoms with Crippen LogP contribution in [0.2, 0.25) is 5.02 Å². The molecule has 0 atom stereocenters. The normalized spacial score (nSPS) is 12.3. The molecule has 0 spiro atoms. The predicted octanol–water partition coefficient (Wildman–Crippen LogP) is 2.90. The van der Waals surface area contributed by atoms with Crippen LogP contribution in [0.4, 0.5) is 0 Å². The average molecular weight is 396 g/mol. The molecule has 7 nitrogen and oxygen atoms in total. The Bertz CT molecular complexity index is 1020. The molecule has 26 heavy (non-hydrogen) atoms. The number of rotatable bonds is 7. The molecule has 1 aromatic carbocycles. The Hall–Kier alpha value is -1.90. The van der Waals surface area contributed by atoms with Crippen molar-refractivity contribution in [2.75, 3.05) is 6.54 Å². The van der Waals surface area contributed by atoms with Crippen LogP contribution in [0.5, 0.6) is 0 Å². The van der Waals surface area contributed by atoms with Crippen molar-refractivity contribution in [3.63, 3.8) is 0 Å². The van der Waals surface area contributed by atoms with Crippen LogP contribution >= 0.6 is 11.6 Å². The highest BCUT2D eigenvalue weighted by Crippen LogP contribution is 2.18. The van der Waals surface area contributed by atoms with E-state index in [1.165, 1.54) is 0 Å². The Morgan fingerprint density at radius 3 is 2.85 bits per heavy atom. The summed E-state index contributed by atoms with van der Waals surface area (Å²) in [5.41, 5.74) is 2.13. The number of nitrogens with one attached hydrogen (secondary N) is 2. The van der Waals surface area contributed by atoms with E-state index in [0.29, 0.717) is 35.4 Å². The number of aromatic amines is 1. The first-order valence-corrected chi connectivity index (χ1v) is 10.3. The van der Waals surface area contributed by atoms with Crippen molar-refractivity contribution in [2.45, 2.75) is 38.6 Å². The highest BCUT2D eigenvalue weighted by atomic mass is 35.5. The van der Waals surface area contributed by atoms with Gasteiger partial charge < -0.3 is 4.98 Å². The zero-order chi connectivity index (χ0) is 18.9. The van der Waals surface area contributed by atoms with Gasteiger partial charge in [-0.2, -0.15) is 5.10 Å². The second-order valence-electron chi connectivity index (χ2n) is 6.69. The van der Waals surface area contributed by atoms with Crippen molar-refractivity contribution in [3.8, 4) is 0 Å². The van der Waals surface area contributed by atoms with Gasteiger partial charge in [-0.3, -0.25) is 4.68 Å². The highest BCUT2D eigenvalue weighted by Gasteiger charge is 2.20. The summed E-state index contributed by atoms with van der Waals surface area (Å²) in [6, 6.07) is 5.40. The molecule has 2 aromatic heterocycles. The summed E-state index contributed by atoms with van der Waals surface area (Å²) < 4.78 is 29.4. The van der Waals surface area contributed by atoms with Crippen LogP contribution < -0.4 is 4.72 Å². The molecule has 0 unspecified atom stereocenters. The summed E-state index contributed by atoms with van der Waals surface area (Å²) in [5.74, 6) is 1.09. The van der Waals surface area contributed by atoms with Crippen LogP contribution in [0.1, 0.15) is 25.4 Å². The molecule has 0 aliphatic heterocycles. The van der Waals surface area contributed by atoms with Crippen LogP contribution in [-0.4, -0.2) is 34.7 Å². The van der Waals surface area contributed by atoms with Crippen molar-refractivity contribution < 1.29 is 8.42 Å². The Balaban J connectivity index is 1.67. The lowest BCUT2D eigenvalue weighted by Gasteiger charge is -2.05. The number of fused-ring (bicyclic) bond motifs is 1. The number of aryl methyl sites for hydroxylation is 1. The fraction of sp³-hybridized carbons (Fsp3) is 0.412. The summed E-state index contributed by atoms with van der Waals surface area (Å²) in [6.07, 6.45) is 2.03. The number of aromatic nitrogens is 4. The molecule has 0 fully saturated rings. The van der Waals surface area contributed by atoms with Crippen molar-refractivity contribution in [2.24, 2.45) is 5.92 Å². The first kappa shape index (κ1) is 18.9. The van der Waals surface area contributed by atoms with Gasteiger partial charge in [0.25, 0.3) is 0 Å². The van der Waals surface area contributed by atoms with Crippen molar-refractivity contribution >= 4 is 32.7 Å². The number of nitrogens with zero attached hydrogens (tertiary/aromatic N) is 3. The van der Waals surface area contributed by atoms with Crippen molar-refractivity contribution in [3.05, 3.63) is 40.9 Å². The van der Waals surface area contributed by atoms with Gasteiger partial charge in [-0.05, 0) is 31.0 Å². The van der Waals surface area contributed by atoms with Gasteiger partial charge in [0.2, 0.25) is 10.0 Å². The lowest BCUT2D eigenvalue weighted by atomic mass is 10.2. The predicted molar refractivity (Wildman–Crippen MR) is 102 cm³/mol. The maximum Gasteiger partial charge on any atom is 0.243 e. The SMILES string of the molecule is Cc1nn(CC(C)C)cc1S(=O)(=O)NCCc1nc2ccc(Cl)cc2[nH]1. The molecule has 2 heterocycles. The van der Waals surface area contributed by atoms with Gasteiger partial charge in [0.05, 0.1) is 16.7 Å². The molecule has 0 saturated heterocycles. The van der Waals surface area contributed by atoms with E-state index in [1.807, 2.05) is 6.07 Å². The Kier molecular flexibility index (Phi) is 5.36. The van der Waals surface area contributed by atoms with E-state index < -0.39 is 10.0 Å². The smallest absolute Gasteiger partial charge is 0.243 e. The van der Waals surface area contributed by atoms with Crippen LogP contribution in [-0.2, 0) is 23.0 Å². The standard InChI is InChI=1S/C17H22ClN5O2S/c1-11(2)9-23-10-16(12(3)22-23)26(24,25)19-7-6-17-20-14-5-4-13(18)8-15(14)21-17/h4-5,8,10-11,19H,6-7,9H2,1-3H3,(H,20,21). The lowest BCUT2D eigenvalue weighted by molar-refractivity contribution is 0.480. The molecule has 0 amide bonds. The van der Waals surface area contributed by atoms with Crippen LogP contribution in [0, 0.1) is 12.8 Å². The third kappa shape index (κ3) is 4.25. The molecular formula is C17H22ClN5O2S. The quantitative estimate of drug-likeness (QED) is 0.643. The number of sulfonamides is 1. The molecule has 3 rings (SSSR count). The number of halogens is 1. The van der Waals surface area contributed by atoms with Gasteiger partial charge in [0, 0.05) is 30.7 Å². The van der Waals surface area contributed by atoms with Crippen LogP contribution in [0.25, 0.3) is 11.0 Å². The highest BCUT2D eigenvalue weighted by molar-refractivity contribution is 7.89. The maximum absolute atomic E-state index is 12.5. The minimum atomic E-state index is -3.61. The van der Waals surface area contributed by atoms with E-state index in [0.717, 1.165) is 11.0 Å². The first-order valence-electron chi connectivity index (χ1n) is 8.42. The van der Waals surface area contributed by atoms with Crippen LogP contribution in [0.3, 0.4) is 0 Å². The Labute approximate surface area is 157 Å². The van der Waals surface area contributed by atoms with Gasteiger partial charge >= 0.3 is 0 Å². The number of imidazole rings is 1. The first-order chi connectivity index (χ1) is 12.2. The molecule has 0 aliphatic rings. The summed E-state index contributed by atoms with van der Waals surface area (Å²) in [4.78, 5) is 7.80. The Morgan fingerprint density at radius 2 is 2.12 bits per heavy atom. The molecule has 0 saturated carbocycles. The zero-order valence-electron chi connectivity index (χ0n) is 15.0. The van der Waals surface area contributed by atoms with E-state index >= 15 is 0 Å². The fourth-order valence-corrected chi connectivity index (χ4v) is 4.15. The summed E-state index contributed by atoms with van der Waals surface area (Å²) in [7, 11) is -3.61. The largest absolute Gasteiger partial charge is 0.342 e. The third-order valence-corrected chi connectivity index (χ3v) is 5.69. The fourth-order valence-electron chi connectivity index (χ4n) is 2.77. The molecular weight excluding hydrogens is 374 g/mol. The zero-order valence-corrected chi connectivity index (χ0v) is 16.5. The van der Waals surface area contributed by atoms with Gasteiger partial charge in [-0.1, -0.05) is 25.4 Å². The molecule has 0 aliphatic carbocycles. The summed E-state index contributed by atoms with van der Waals surface area (Å²) in [6.45, 7) is 6.74. The Morgan fingerprint density at radius 1 is 1.35 bits per heavy atom. The molecule has 3 aromatic rings. The number of H-pyrrole nitrogens is 1. The van der Waals surface area contributed by atoms with Crippen LogP contribution in [0.15, 0.2) is 29.3 Å². The molecule has 0 radical (unpaired) electrons. The molecule has 2 N–H and O–H groups in total. The second kappa shape index (κ2) is 7.38. The van der Waals surface area contributed by atoms with E-state index in [4.69, 9.17) is 11.6 Å². The van der Waals surface area contributed by atoms with Gasteiger partial charge in [0.15, 0.2) is 0 Å². The number of hydrogen-bond acceptors (Lipinski definition) is 4. The maximum atomic E-state index is 12.5. The average Bonchev–Trinajstić information content (AvgIpc) is 3.09. The number of benzene rings is 1. The van der Waals surface area contributed by atoms with E-state index in [-0.39, 0.29) is 11.4 Å². The summed E-state index contributed by atoms with van der Waals surface area (Å²) >= 11 is 5.96. The minimum Gasteiger partial charge on any atom is -0.342 e. The van der Waals surface area contributed by atoms with E-state index in [9.17, 15) is 8.42 Å². The van der Waals surface area contributed by atoms with E-state index in [2.05, 4.69) is 33.6 Å². The molecule has 0 bridgehead atoms. The number of hydrogen-bond donors (Lipinski definition) is 2. The van der Waals surface area contributed by atoms with E-state index in [1.54, 1.807) is 29.9 Å². The van der Waals surface area contributed by atoms with Gasteiger partial charge in [-0.25, -0.2) is 18.1 Å². The third-order valence-electron chi connectivity index (χ3n) is 3.89. The monoisotopic (exact) mass is 395 g/mol. The molecule has 9 heteroatoms. The topological polar surface area (TPSA) is 92.7 Å².